The summed E-state index contributed by atoms with van der Waals surface area (Å²) >= 11 is 0. The van der Waals surface area contributed by atoms with E-state index in [9.17, 15) is 4.79 Å². The quantitative estimate of drug-likeness (QED) is 0.852. The Hall–Kier alpha value is -2.10. The second kappa shape index (κ2) is 7.36. The van der Waals surface area contributed by atoms with Gasteiger partial charge in [0.15, 0.2) is 0 Å². The number of ether oxygens (including phenoxy) is 1. The maximum Gasteiger partial charge on any atom is 0.350 e. The highest BCUT2D eigenvalue weighted by Gasteiger charge is 2.04. The van der Waals surface area contributed by atoms with Crippen molar-refractivity contribution in [3.8, 4) is 5.88 Å². The van der Waals surface area contributed by atoms with Crippen molar-refractivity contribution < 1.29 is 4.74 Å². The predicted molar refractivity (Wildman–Crippen MR) is 76.3 cm³/mol. The Morgan fingerprint density at radius 1 is 1.21 bits per heavy atom. The zero-order valence-electron chi connectivity index (χ0n) is 11.9. The van der Waals surface area contributed by atoms with Crippen LogP contribution in [-0.4, -0.2) is 9.55 Å². The fourth-order valence-electron chi connectivity index (χ4n) is 1.53. The Labute approximate surface area is 113 Å². The van der Waals surface area contributed by atoms with Crippen LogP contribution in [0.1, 0.15) is 25.0 Å². The van der Waals surface area contributed by atoms with E-state index in [1.54, 1.807) is 13.2 Å². The molecule has 102 valence electrons. The topological polar surface area (TPSA) is 44.1 Å². The minimum absolute atomic E-state index is 0.307. The van der Waals surface area contributed by atoms with E-state index in [0.29, 0.717) is 12.5 Å². The number of aryl methyl sites for hydroxylation is 2. The first-order valence-corrected chi connectivity index (χ1v) is 6.38. The van der Waals surface area contributed by atoms with Crippen LogP contribution in [0, 0.1) is 6.92 Å². The summed E-state index contributed by atoms with van der Waals surface area (Å²) in [5.41, 5.74) is 1.59. The number of benzene rings is 1. The zero-order valence-corrected chi connectivity index (χ0v) is 11.9. The van der Waals surface area contributed by atoms with Crippen LogP contribution in [0.3, 0.4) is 0 Å². The van der Waals surface area contributed by atoms with E-state index in [1.807, 2.05) is 51.1 Å². The average molecular weight is 260 g/mol. The molecule has 1 aromatic carbocycles. The van der Waals surface area contributed by atoms with E-state index in [1.165, 1.54) is 4.57 Å². The van der Waals surface area contributed by atoms with Gasteiger partial charge in [-0.05, 0) is 12.5 Å². The first-order valence-electron chi connectivity index (χ1n) is 6.38. The van der Waals surface area contributed by atoms with Crippen LogP contribution < -0.4 is 10.4 Å². The van der Waals surface area contributed by atoms with Gasteiger partial charge in [0, 0.05) is 18.8 Å². The molecule has 19 heavy (non-hydrogen) atoms. The van der Waals surface area contributed by atoms with Crippen LogP contribution in [0.2, 0.25) is 0 Å². The highest BCUT2D eigenvalue weighted by Crippen LogP contribution is 2.12. The summed E-state index contributed by atoms with van der Waals surface area (Å²) in [5, 5.41) is 0. The molecular weight excluding hydrogens is 240 g/mol. The van der Waals surface area contributed by atoms with Gasteiger partial charge >= 0.3 is 5.69 Å². The molecule has 0 amide bonds. The molecule has 0 aliphatic carbocycles. The Bertz CT molecular complexity index is 562. The second-order valence-corrected chi connectivity index (χ2v) is 3.90. The van der Waals surface area contributed by atoms with Crippen LogP contribution in [0.25, 0.3) is 0 Å². The molecule has 1 aromatic heterocycles. The summed E-state index contributed by atoms with van der Waals surface area (Å²) in [6, 6.07) is 9.78. The highest BCUT2D eigenvalue weighted by atomic mass is 16.5. The second-order valence-electron chi connectivity index (χ2n) is 3.90. The number of hydrogen-bond donors (Lipinski definition) is 0. The third-order valence-electron chi connectivity index (χ3n) is 2.44. The third-order valence-corrected chi connectivity index (χ3v) is 2.44. The summed E-state index contributed by atoms with van der Waals surface area (Å²) in [7, 11) is 1.67. The summed E-state index contributed by atoms with van der Waals surface area (Å²) in [6.07, 6.45) is 1.72. The van der Waals surface area contributed by atoms with E-state index < -0.39 is 0 Å². The van der Waals surface area contributed by atoms with Gasteiger partial charge in [-0.2, -0.15) is 4.98 Å². The molecule has 0 bridgehead atoms. The van der Waals surface area contributed by atoms with Crippen LogP contribution in [0.4, 0.5) is 0 Å². The van der Waals surface area contributed by atoms with Crippen molar-refractivity contribution in [2.24, 2.45) is 7.05 Å². The van der Waals surface area contributed by atoms with Crippen molar-refractivity contribution in [1.82, 2.24) is 9.55 Å². The lowest BCUT2D eigenvalue weighted by Crippen LogP contribution is -2.20. The average Bonchev–Trinajstić information content (AvgIpc) is 2.45. The Morgan fingerprint density at radius 2 is 1.84 bits per heavy atom. The fraction of sp³-hybridized carbons (Fsp3) is 0.333. The zero-order chi connectivity index (χ0) is 14.3. The minimum Gasteiger partial charge on any atom is -0.472 e. The molecule has 0 saturated heterocycles. The molecule has 0 unspecified atom stereocenters. The molecule has 0 N–H and O–H groups in total. The van der Waals surface area contributed by atoms with Crippen molar-refractivity contribution >= 4 is 0 Å². The summed E-state index contributed by atoms with van der Waals surface area (Å²) in [5.74, 6) is 0.400. The van der Waals surface area contributed by atoms with E-state index in [4.69, 9.17) is 4.74 Å². The number of aromatic nitrogens is 2. The molecule has 0 spiro atoms. The van der Waals surface area contributed by atoms with Gasteiger partial charge in [-0.15, -0.1) is 0 Å². The molecule has 1 heterocycles. The molecule has 4 nitrogen and oxygen atoms in total. The Kier molecular flexibility index (Phi) is 5.79. The van der Waals surface area contributed by atoms with Crippen LogP contribution in [0.5, 0.6) is 5.88 Å². The first kappa shape index (κ1) is 15.0. The number of hydrogen-bond acceptors (Lipinski definition) is 3. The fourth-order valence-corrected chi connectivity index (χ4v) is 1.53. The monoisotopic (exact) mass is 260 g/mol. The first-order chi connectivity index (χ1) is 9.16. The SMILES string of the molecule is CC.Cc1cn(C)c(=O)nc1OCc1ccccc1. The molecule has 0 radical (unpaired) electrons. The van der Waals surface area contributed by atoms with E-state index in [-0.39, 0.29) is 5.69 Å². The lowest BCUT2D eigenvalue weighted by atomic mass is 10.2. The van der Waals surface area contributed by atoms with Crippen molar-refractivity contribution in [3.63, 3.8) is 0 Å². The van der Waals surface area contributed by atoms with Gasteiger partial charge in [0.05, 0.1) is 0 Å². The van der Waals surface area contributed by atoms with Crippen molar-refractivity contribution in [2.75, 3.05) is 0 Å². The summed E-state index contributed by atoms with van der Waals surface area (Å²) < 4.78 is 6.97. The van der Waals surface area contributed by atoms with Crippen LogP contribution >= 0.6 is 0 Å². The molecule has 0 fully saturated rings. The molecule has 2 rings (SSSR count). The molecule has 2 aromatic rings. The summed E-state index contributed by atoms with van der Waals surface area (Å²) in [4.78, 5) is 15.2. The predicted octanol–water partition coefficient (Wildman–Crippen LogP) is 2.69. The van der Waals surface area contributed by atoms with Crippen LogP contribution in [0.15, 0.2) is 41.3 Å². The maximum atomic E-state index is 11.4. The molecular formula is C15H20N2O2. The maximum absolute atomic E-state index is 11.4. The van der Waals surface area contributed by atoms with Crippen molar-refractivity contribution in [1.29, 1.82) is 0 Å². The van der Waals surface area contributed by atoms with Gasteiger partial charge in [0.25, 0.3) is 0 Å². The third kappa shape index (κ3) is 4.25. The smallest absolute Gasteiger partial charge is 0.350 e. The molecule has 0 aliphatic rings. The lowest BCUT2D eigenvalue weighted by Gasteiger charge is -2.08. The molecule has 0 atom stereocenters. The van der Waals surface area contributed by atoms with Crippen molar-refractivity contribution in [2.45, 2.75) is 27.4 Å². The standard InChI is InChI=1S/C13H14N2O2.C2H6/c1-10-8-15(2)13(16)14-12(10)17-9-11-6-4-3-5-7-11;1-2/h3-8H,9H2,1-2H3;1-2H3. The van der Waals surface area contributed by atoms with Gasteiger partial charge in [-0.25, -0.2) is 4.79 Å². The van der Waals surface area contributed by atoms with Gasteiger partial charge in [-0.1, -0.05) is 44.2 Å². The number of rotatable bonds is 3. The van der Waals surface area contributed by atoms with E-state index >= 15 is 0 Å². The van der Waals surface area contributed by atoms with E-state index in [2.05, 4.69) is 4.98 Å². The number of nitrogens with zero attached hydrogens (tertiary/aromatic N) is 2. The molecule has 0 saturated carbocycles. The van der Waals surface area contributed by atoms with Gasteiger partial charge in [-0.3, -0.25) is 0 Å². The van der Waals surface area contributed by atoms with Gasteiger partial charge < -0.3 is 9.30 Å². The Balaban J connectivity index is 0.000000861. The largest absolute Gasteiger partial charge is 0.472 e. The van der Waals surface area contributed by atoms with Crippen molar-refractivity contribution in [3.05, 3.63) is 58.1 Å². The highest BCUT2D eigenvalue weighted by molar-refractivity contribution is 5.21. The van der Waals surface area contributed by atoms with Crippen LogP contribution in [-0.2, 0) is 13.7 Å². The Morgan fingerprint density at radius 3 is 2.47 bits per heavy atom. The normalized spacial score (nSPS) is 9.47. The van der Waals surface area contributed by atoms with E-state index in [0.717, 1.165) is 11.1 Å². The van der Waals surface area contributed by atoms with Gasteiger partial charge in [0.2, 0.25) is 5.88 Å². The molecule has 4 heteroatoms. The lowest BCUT2D eigenvalue weighted by molar-refractivity contribution is 0.289. The molecule has 0 aliphatic heterocycles. The van der Waals surface area contributed by atoms with Gasteiger partial charge in [0.1, 0.15) is 6.61 Å². The summed E-state index contributed by atoms with van der Waals surface area (Å²) in [6.45, 7) is 6.29. The minimum atomic E-state index is -0.307.